The molecule has 13 heteroatoms. The second kappa shape index (κ2) is 12.6. The van der Waals surface area contributed by atoms with Crippen molar-refractivity contribution >= 4 is 34.6 Å². The zero-order valence-electron chi connectivity index (χ0n) is 27.9. The number of carbonyl (C=O) groups excluding carboxylic acids is 3. The Balaban J connectivity index is 1.24. The van der Waals surface area contributed by atoms with Gasteiger partial charge in [0, 0.05) is 42.2 Å². The van der Waals surface area contributed by atoms with Gasteiger partial charge in [-0.1, -0.05) is 20.8 Å². The number of ether oxygens (including phenoxy) is 3. The number of anilines is 1. The summed E-state index contributed by atoms with van der Waals surface area (Å²) in [5, 5.41) is 11.4. The normalized spacial score (nSPS) is 24.1. The molecule has 2 aliphatic carbocycles. The molecule has 1 aromatic carbocycles. The van der Waals surface area contributed by atoms with Gasteiger partial charge in [0.05, 0.1) is 19.2 Å². The Morgan fingerprint density at radius 1 is 1.02 bits per heavy atom. The number of nitrogens with zero attached hydrogens (tertiary/aromatic N) is 4. The molecular weight excluding hydrogens is 602 g/mol. The van der Waals surface area contributed by atoms with Crippen molar-refractivity contribution in [1.82, 2.24) is 25.0 Å². The first-order valence-corrected chi connectivity index (χ1v) is 16.3. The predicted octanol–water partition coefficient (Wildman–Crippen LogP) is 4.02. The van der Waals surface area contributed by atoms with Crippen LogP contribution < -0.4 is 25.8 Å². The number of likely N-dealkylation sites (tertiary alicyclic amines) is 1. The third kappa shape index (κ3) is 7.08. The Labute approximate surface area is 274 Å². The number of carbonyl (C=O) groups is 3. The highest BCUT2D eigenvalue weighted by molar-refractivity contribution is 5.92. The number of hydrogen-bond donors (Lipinski definition) is 3. The number of rotatable bonds is 10. The summed E-state index contributed by atoms with van der Waals surface area (Å²) in [4.78, 5) is 46.0. The summed E-state index contributed by atoms with van der Waals surface area (Å²) in [5.74, 6) is 2.61. The molecule has 2 unspecified atom stereocenters. The summed E-state index contributed by atoms with van der Waals surface area (Å²) in [5.41, 5.74) is 5.79. The van der Waals surface area contributed by atoms with Crippen LogP contribution in [-0.2, 0) is 14.3 Å². The van der Waals surface area contributed by atoms with E-state index in [2.05, 4.69) is 15.7 Å². The van der Waals surface area contributed by atoms with Gasteiger partial charge in [0.25, 0.3) is 0 Å². The molecule has 0 radical (unpaired) electrons. The molecule has 6 rings (SSSR count). The number of nitrogens with two attached hydrogens (primary N) is 1. The summed E-state index contributed by atoms with van der Waals surface area (Å²) >= 11 is 0. The maximum atomic E-state index is 14.1. The van der Waals surface area contributed by atoms with E-state index in [0.717, 1.165) is 18.2 Å². The first-order valence-electron chi connectivity index (χ1n) is 16.3. The molecule has 6 atom stereocenters. The monoisotopic (exact) mass is 647 g/mol. The Kier molecular flexibility index (Phi) is 8.66. The van der Waals surface area contributed by atoms with Crippen molar-refractivity contribution in [2.24, 2.45) is 23.0 Å². The minimum Gasteiger partial charge on any atom is -0.497 e. The fraction of sp³-hybridized carbons (Fsp3) is 0.559. The number of fused-ring (bicyclic) bond motifs is 2. The fourth-order valence-corrected chi connectivity index (χ4v) is 6.78. The number of pyridine rings is 1. The first kappa shape index (κ1) is 32.4. The van der Waals surface area contributed by atoms with Gasteiger partial charge in [-0.3, -0.25) is 9.59 Å². The van der Waals surface area contributed by atoms with Gasteiger partial charge < -0.3 is 35.5 Å². The number of primary amides is 1. The van der Waals surface area contributed by atoms with Crippen LogP contribution in [0.2, 0.25) is 0 Å². The molecule has 4 N–H and O–H groups in total. The lowest BCUT2D eigenvalue weighted by atomic mass is 9.85. The molecule has 0 spiro atoms. The molecule has 3 fully saturated rings. The number of amides is 3. The van der Waals surface area contributed by atoms with Crippen molar-refractivity contribution in [2.75, 3.05) is 19.0 Å². The number of alkyl carbamates (subject to hydrolysis) is 1. The second-order valence-corrected chi connectivity index (χ2v) is 14.4. The van der Waals surface area contributed by atoms with E-state index in [9.17, 15) is 14.4 Å². The lowest BCUT2D eigenvalue weighted by Crippen LogP contribution is -2.57. The average molecular weight is 648 g/mol. The topological polar surface area (TPSA) is 163 Å². The third-order valence-electron chi connectivity index (χ3n) is 9.24. The van der Waals surface area contributed by atoms with Crippen molar-refractivity contribution < 1.29 is 28.6 Å². The Morgan fingerprint density at radius 2 is 1.77 bits per heavy atom. The van der Waals surface area contributed by atoms with Crippen molar-refractivity contribution in [3.63, 3.8) is 0 Å². The van der Waals surface area contributed by atoms with Crippen LogP contribution in [0, 0.1) is 17.3 Å². The van der Waals surface area contributed by atoms with E-state index in [4.69, 9.17) is 24.9 Å². The van der Waals surface area contributed by atoms with E-state index in [1.165, 1.54) is 11.3 Å². The zero-order valence-corrected chi connectivity index (χ0v) is 27.9. The van der Waals surface area contributed by atoms with Crippen LogP contribution in [0.25, 0.3) is 16.7 Å². The first-order chi connectivity index (χ1) is 22.3. The number of benzene rings is 1. The van der Waals surface area contributed by atoms with Crippen LogP contribution in [0.5, 0.6) is 11.5 Å². The molecule has 3 amide bonds. The van der Waals surface area contributed by atoms with Gasteiger partial charge >= 0.3 is 6.09 Å². The van der Waals surface area contributed by atoms with E-state index >= 15 is 0 Å². The van der Waals surface area contributed by atoms with E-state index in [0.29, 0.717) is 40.5 Å². The van der Waals surface area contributed by atoms with Gasteiger partial charge in [-0.2, -0.15) is 0 Å². The SMILES string of the molecule is COc1ccc2c(OC3C[C@@H](C(N)=O)N(C(=O)[C@@H](NC(=O)OC4C[C@@H]5C[C@@H]5C4)C(C)(C)C)C3)cc(-n3ccc(NC(C)C)n3)nc2c1. The van der Waals surface area contributed by atoms with Gasteiger partial charge in [0.1, 0.15) is 41.6 Å². The molecule has 3 aromatic rings. The second-order valence-electron chi connectivity index (χ2n) is 14.4. The number of nitrogens with one attached hydrogen (secondary N) is 2. The predicted molar refractivity (Wildman–Crippen MR) is 175 cm³/mol. The molecule has 0 bridgehead atoms. The van der Waals surface area contributed by atoms with E-state index in [1.807, 2.05) is 65.1 Å². The van der Waals surface area contributed by atoms with Crippen LogP contribution in [-0.4, -0.2) is 81.6 Å². The molecule has 3 heterocycles. The van der Waals surface area contributed by atoms with Gasteiger partial charge in [-0.05, 0) is 62.5 Å². The van der Waals surface area contributed by atoms with Crippen molar-refractivity contribution in [3.05, 3.63) is 36.5 Å². The minimum atomic E-state index is -0.944. The summed E-state index contributed by atoms with van der Waals surface area (Å²) in [6.07, 6.45) is 3.63. The highest BCUT2D eigenvalue weighted by Gasteiger charge is 2.48. The average Bonchev–Trinajstić information content (AvgIpc) is 3.35. The third-order valence-corrected chi connectivity index (χ3v) is 9.24. The smallest absolute Gasteiger partial charge is 0.408 e. The van der Waals surface area contributed by atoms with Crippen LogP contribution >= 0.6 is 0 Å². The van der Waals surface area contributed by atoms with Gasteiger partial charge in [-0.25, -0.2) is 14.5 Å². The molecule has 2 saturated carbocycles. The molecule has 13 nitrogen and oxygen atoms in total. The van der Waals surface area contributed by atoms with Crippen LogP contribution in [0.15, 0.2) is 36.5 Å². The van der Waals surface area contributed by atoms with E-state index in [1.54, 1.807) is 17.9 Å². The number of hydrogen-bond acceptors (Lipinski definition) is 9. The lowest BCUT2D eigenvalue weighted by Gasteiger charge is -2.35. The minimum absolute atomic E-state index is 0.0985. The molecule has 2 aromatic heterocycles. The maximum Gasteiger partial charge on any atom is 0.408 e. The number of methoxy groups -OCH3 is 1. The highest BCUT2D eigenvalue weighted by Crippen LogP contribution is 2.52. The zero-order chi connectivity index (χ0) is 33.6. The largest absolute Gasteiger partial charge is 0.497 e. The maximum absolute atomic E-state index is 14.1. The van der Waals surface area contributed by atoms with E-state index < -0.39 is 41.5 Å². The summed E-state index contributed by atoms with van der Waals surface area (Å²) in [7, 11) is 1.59. The quantitative estimate of drug-likeness (QED) is 0.295. The van der Waals surface area contributed by atoms with Gasteiger partial charge in [-0.15, -0.1) is 5.10 Å². The van der Waals surface area contributed by atoms with Crippen molar-refractivity contribution in [2.45, 2.75) is 90.6 Å². The Hall–Kier alpha value is -4.55. The molecule has 1 saturated heterocycles. The summed E-state index contributed by atoms with van der Waals surface area (Å²) < 4.78 is 19.3. The van der Waals surface area contributed by atoms with Gasteiger partial charge in [0.15, 0.2) is 5.82 Å². The van der Waals surface area contributed by atoms with Crippen molar-refractivity contribution in [1.29, 1.82) is 0 Å². The van der Waals surface area contributed by atoms with Crippen molar-refractivity contribution in [3.8, 4) is 17.3 Å². The van der Waals surface area contributed by atoms with Crippen LogP contribution in [0.3, 0.4) is 0 Å². The van der Waals surface area contributed by atoms with Gasteiger partial charge in [0.2, 0.25) is 11.8 Å². The summed E-state index contributed by atoms with van der Waals surface area (Å²) in [6, 6.07) is 7.48. The fourth-order valence-electron chi connectivity index (χ4n) is 6.78. The van der Waals surface area contributed by atoms with Crippen LogP contribution in [0.4, 0.5) is 10.6 Å². The summed E-state index contributed by atoms with van der Waals surface area (Å²) in [6.45, 7) is 9.75. The van der Waals surface area contributed by atoms with E-state index in [-0.39, 0.29) is 25.1 Å². The highest BCUT2D eigenvalue weighted by atomic mass is 16.6. The molecule has 47 heavy (non-hydrogen) atoms. The molecule has 1 aliphatic heterocycles. The number of aromatic nitrogens is 3. The Morgan fingerprint density at radius 3 is 2.43 bits per heavy atom. The van der Waals surface area contributed by atoms with Crippen LogP contribution in [0.1, 0.15) is 60.3 Å². The standard InChI is InChI=1S/C34H45N7O6/c1-18(2)36-28-9-10-41(39-28)29-16-27(24-8-7-21(45-6)14-25(24)37-29)46-23-15-26(31(35)42)40(17-23)32(43)30(34(3,4)5)38-33(44)47-22-12-19-11-20(19)13-22/h7-10,14,16,18-20,22-23,26,30H,11-13,15,17H2,1-6H3,(H2,35,42)(H,36,39)(H,38,44)/t19-,20+,22?,23?,26-,30+/m0/s1. The lowest BCUT2D eigenvalue weighted by molar-refractivity contribution is -0.141. The Bertz CT molecular complexity index is 1660. The molecule has 3 aliphatic rings. The molecular formula is C34H45N7O6. The molecule has 252 valence electrons.